The average molecular weight is 441 g/mol. The number of halogens is 2. The van der Waals surface area contributed by atoms with E-state index >= 15 is 0 Å². The number of carbonyl (C=O) groups is 1. The molecule has 1 amide bonds. The Morgan fingerprint density at radius 1 is 1.37 bits per heavy atom. The highest BCUT2D eigenvalue weighted by atomic mass is 35.5. The predicted octanol–water partition coefficient (Wildman–Crippen LogP) is 2.18. The van der Waals surface area contributed by atoms with Gasteiger partial charge < -0.3 is 15.4 Å². The van der Waals surface area contributed by atoms with Crippen molar-refractivity contribution in [1.82, 2.24) is 9.55 Å². The lowest BCUT2D eigenvalue weighted by Gasteiger charge is -2.25. The molecule has 0 fully saturated rings. The summed E-state index contributed by atoms with van der Waals surface area (Å²) in [6.45, 7) is 4.45. The van der Waals surface area contributed by atoms with Crippen molar-refractivity contribution >= 4 is 29.0 Å². The molecule has 3 N–H and O–H groups in total. The van der Waals surface area contributed by atoms with Crippen LogP contribution in [0, 0.1) is 11.7 Å². The molecule has 0 atom stereocenters. The highest BCUT2D eigenvalue weighted by Gasteiger charge is 2.25. The smallest absolute Gasteiger partial charge is 0.330 e. The van der Waals surface area contributed by atoms with E-state index in [1.807, 2.05) is 13.8 Å². The van der Waals surface area contributed by atoms with Gasteiger partial charge in [0.15, 0.2) is 5.69 Å². The van der Waals surface area contributed by atoms with E-state index in [0.717, 1.165) is 4.90 Å². The van der Waals surface area contributed by atoms with Crippen LogP contribution in [0.3, 0.4) is 0 Å². The number of benzene rings is 1. The van der Waals surface area contributed by atoms with Gasteiger partial charge in [0, 0.05) is 37.4 Å². The molecule has 8 nitrogen and oxygen atoms in total. The second-order valence-corrected chi connectivity index (χ2v) is 7.67. The lowest BCUT2D eigenvalue weighted by molar-refractivity contribution is -0.118. The monoisotopic (exact) mass is 440 g/mol. The van der Waals surface area contributed by atoms with Gasteiger partial charge in [0.05, 0.1) is 6.42 Å². The highest BCUT2D eigenvalue weighted by molar-refractivity contribution is 6.31. The largest absolute Gasteiger partial charge is 0.385 e. The Kier molecular flexibility index (Phi) is 8.19. The fourth-order valence-corrected chi connectivity index (χ4v) is 3.29. The van der Waals surface area contributed by atoms with Crippen molar-refractivity contribution in [2.75, 3.05) is 30.9 Å². The number of aromatic amines is 1. The lowest BCUT2D eigenvalue weighted by Crippen LogP contribution is -2.42. The molecule has 10 heteroatoms. The maximum absolute atomic E-state index is 14.2. The summed E-state index contributed by atoms with van der Waals surface area (Å²) in [7, 11) is 1.51. The Bertz CT molecular complexity index is 999. The van der Waals surface area contributed by atoms with E-state index < -0.39 is 23.0 Å². The van der Waals surface area contributed by atoms with Crippen LogP contribution in [0.4, 0.5) is 15.9 Å². The average Bonchev–Trinajstić information content (AvgIpc) is 2.66. The molecule has 0 aliphatic carbocycles. The van der Waals surface area contributed by atoms with Crippen molar-refractivity contribution in [3.05, 3.63) is 55.4 Å². The predicted molar refractivity (Wildman–Crippen MR) is 115 cm³/mol. The highest BCUT2D eigenvalue weighted by Crippen LogP contribution is 2.23. The molecule has 0 unspecified atom stereocenters. The van der Waals surface area contributed by atoms with Gasteiger partial charge in [0.2, 0.25) is 5.91 Å². The number of rotatable bonds is 9. The van der Waals surface area contributed by atoms with Gasteiger partial charge in [-0.15, -0.1) is 0 Å². The van der Waals surface area contributed by atoms with Crippen LogP contribution in [0.5, 0.6) is 0 Å². The van der Waals surface area contributed by atoms with Gasteiger partial charge in [-0.1, -0.05) is 31.5 Å². The molecule has 2 aromatic rings. The minimum absolute atomic E-state index is 0.0198. The number of amides is 1. The van der Waals surface area contributed by atoms with Crippen molar-refractivity contribution in [1.29, 1.82) is 0 Å². The molecule has 0 bridgehead atoms. The minimum Gasteiger partial charge on any atom is -0.385 e. The summed E-state index contributed by atoms with van der Waals surface area (Å²) in [4.78, 5) is 41.3. The summed E-state index contributed by atoms with van der Waals surface area (Å²) in [5.74, 6) is -1.26. The summed E-state index contributed by atoms with van der Waals surface area (Å²) in [6.07, 6.45) is 0.0239. The van der Waals surface area contributed by atoms with Crippen molar-refractivity contribution in [2.45, 2.75) is 33.2 Å². The topological polar surface area (TPSA) is 110 Å². The Balaban J connectivity index is 2.52. The van der Waals surface area contributed by atoms with E-state index in [2.05, 4.69) is 4.98 Å². The molecule has 1 aromatic carbocycles. The third kappa shape index (κ3) is 5.48. The van der Waals surface area contributed by atoms with E-state index in [-0.39, 0.29) is 47.5 Å². The van der Waals surface area contributed by atoms with Gasteiger partial charge in [0.1, 0.15) is 11.6 Å². The number of aromatic nitrogens is 2. The molecule has 164 valence electrons. The van der Waals surface area contributed by atoms with Gasteiger partial charge in [-0.2, -0.15) is 0 Å². The minimum atomic E-state index is -0.789. The maximum atomic E-state index is 14.2. The Morgan fingerprint density at radius 3 is 2.67 bits per heavy atom. The number of hydrogen-bond acceptors (Lipinski definition) is 5. The number of hydrogen-bond donors (Lipinski definition) is 2. The molecule has 2 rings (SSSR count). The van der Waals surface area contributed by atoms with Gasteiger partial charge in [-0.05, 0) is 24.5 Å². The van der Waals surface area contributed by atoms with E-state index in [4.69, 9.17) is 22.1 Å². The number of nitrogens with one attached hydrogen (secondary N) is 1. The van der Waals surface area contributed by atoms with Crippen LogP contribution in [0.25, 0.3) is 0 Å². The standard InChI is InChI=1S/C20H26ClFN4O4/c1-12(2)11-26-18(23)17(19(28)24-20(26)29)25(8-5-9-30-3)16(27)10-13-14(21)6-4-7-15(13)22/h4,6-7,12H,5,8-11,23H2,1-3H3,(H,24,28,29). The second-order valence-electron chi connectivity index (χ2n) is 7.27. The second kappa shape index (κ2) is 10.4. The van der Waals surface area contributed by atoms with Crippen molar-refractivity contribution < 1.29 is 13.9 Å². The first-order valence-electron chi connectivity index (χ1n) is 9.52. The molecule has 1 heterocycles. The van der Waals surface area contributed by atoms with Crippen LogP contribution < -0.4 is 21.9 Å². The summed E-state index contributed by atoms with van der Waals surface area (Å²) >= 11 is 6.05. The van der Waals surface area contributed by atoms with Crippen LogP contribution in [0.2, 0.25) is 5.02 Å². The summed E-state index contributed by atoms with van der Waals surface area (Å²) in [6, 6.07) is 4.12. The Labute approximate surface area is 178 Å². The molecular formula is C20H26ClFN4O4. The fraction of sp³-hybridized carbons (Fsp3) is 0.450. The SMILES string of the molecule is COCCCN(C(=O)Cc1c(F)cccc1Cl)c1c(N)n(CC(C)C)c(=O)[nH]c1=O. The zero-order valence-electron chi connectivity index (χ0n) is 17.2. The van der Waals surface area contributed by atoms with Gasteiger partial charge in [-0.3, -0.25) is 19.1 Å². The van der Waals surface area contributed by atoms with Crippen LogP contribution >= 0.6 is 11.6 Å². The first-order valence-corrected chi connectivity index (χ1v) is 9.89. The number of ether oxygens (including phenoxy) is 1. The summed E-state index contributed by atoms with van der Waals surface area (Å²) in [5.41, 5.74) is 4.57. The number of nitrogens with zero attached hydrogens (tertiary/aromatic N) is 2. The van der Waals surface area contributed by atoms with Crippen molar-refractivity contribution in [3.63, 3.8) is 0 Å². The number of H-pyrrole nitrogens is 1. The molecule has 0 spiro atoms. The molecule has 0 saturated carbocycles. The molecule has 0 aliphatic rings. The normalized spacial score (nSPS) is 11.1. The Hall–Kier alpha value is -2.65. The first kappa shape index (κ1) is 23.6. The number of methoxy groups -OCH3 is 1. The van der Waals surface area contributed by atoms with Crippen LogP contribution in [0.1, 0.15) is 25.8 Å². The van der Waals surface area contributed by atoms with Crippen LogP contribution in [0.15, 0.2) is 27.8 Å². The Morgan fingerprint density at radius 2 is 2.07 bits per heavy atom. The zero-order valence-corrected chi connectivity index (χ0v) is 18.0. The number of nitrogen functional groups attached to an aromatic ring is 1. The number of anilines is 2. The molecular weight excluding hydrogens is 415 g/mol. The van der Waals surface area contributed by atoms with E-state index in [1.54, 1.807) is 0 Å². The molecule has 30 heavy (non-hydrogen) atoms. The quantitative estimate of drug-likeness (QED) is 0.580. The summed E-state index contributed by atoms with van der Waals surface area (Å²) < 4.78 is 20.4. The van der Waals surface area contributed by atoms with Gasteiger partial charge in [-0.25, -0.2) is 9.18 Å². The van der Waals surface area contributed by atoms with Crippen LogP contribution in [-0.4, -0.2) is 35.7 Å². The number of nitrogens with two attached hydrogens (primary N) is 1. The number of carbonyl (C=O) groups excluding carboxylic acids is 1. The third-order valence-electron chi connectivity index (χ3n) is 4.45. The van der Waals surface area contributed by atoms with Gasteiger partial charge in [0.25, 0.3) is 5.56 Å². The molecule has 0 aliphatic heterocycles. The maximum Gasteiger partial charge on any atom is 0.330 e. The first-order chi connectivity index (χ1) is 14.2. The van der Waals surface area contributed by atoms with Crippen molar-refractivity contribution in [3.8, 4) is 0 Å². The lowest BCUT2D eigenvalue weighted by atomic mass is 10.1. The summed E-state index contributed by atoms with van der Waals surface area (Å²) in [5, 5.41) is 0.104. The van der Waals surface area contributed by atoms with Gasteiger partial charge >= 0.3 is 5.69 Å². The molecule has 0 saturated heterocycles. The van der Waals surface area contributed by atoms with Crippen LogP contribution in [-0.2, 0) is 22.5 Å². The third-order valence-corrected chi connectivity index (χ3v) is 4.81. The van der Waals surface area contributed by atoms with Crippen molar-refractivity contribution in [2.24, 2.45) is 5.92 Å². The van der Waals surface area contributed by atoms with E-state index in [0.29, 0.717) is 13.0 Å². The zero-order chi connectivity index (χ0) is 22.4. The fourth-order valence-electron chi connectivity index (χ4n) is 3.06. The molecule has 0 radical (unpaired) electrons. The van der Waals surface area contributed by atoms with E-state index in [1.165, 1.54) is 29.9 Å². The molecule has 1 aromatic heterocycles. The van der Waals surface area contributed by atoms with E-state index in [9.17, 15) is 18.8 Å².